The number of thiophene rings is 2. The van der Waals surface area contributed by atoms with Crippen molar-refractivity contribution >= 4 is 32.9 Å². The van der Waals surface area contributed by atoms with E-state index in [0.29, 0.717) is 11.4 Å². The molecule has 6 heteroatoms. The molecule has 136 valence electrons. The first-order valence-corrected chi connectivity index (χ1v) is 11.0. The summed E-state index contributed by atoms with van der Waals surface area (Å²) >= 11 is 3.39. The van der Waals surface area contributed by atoms with Crippen LogP contribution >= 0.6 is 22.7 Å². The van der Waals surface area contributed by atoms with Gasteiger partial charge in [-0.25, -0.2) is 4.98 Å². The second kappa shape index (κ2) is 7.03. The van der Waals surface area contributed by atoms with Gasteiger partial charge in [-0.2, -0.15) is 0 Å². The van der Waals surface area contributed by atoms with Crippen molar-refractivity contribution in [3.63, 3.8) is 0 Å². The highest BCUT2D eigenvalue weighted by molar-refractivity contribution is 7.17. The fourth-order valence-electron chi connectivity index (χ4n) is 4.08. The van der Waals surface area contributed by atoms with Crippen molar-refractivity contribution in [2.75, 3.05) is 6.54 Å². The van der Waals surface area contributed by atoms with Gasteiger partial charge in [0.25, 0.3) is 5.56 Å². The summed E-state index contributed by atoms with van der Waals surface area (Å²) in [7, 11) is 0. The molecule has 4 nitrogen and oxygen atoms in total. The lowest BCUT2D eigenvalue weighted by Crippen LogP contribution is -3.09. The van der Waals surface area contributed by atoms with Crippen LogP contribution in [0.2, 0.25) is 0 Å². The molecule has 27 heavy (non-hydrogen) atoms. The number of nitrogens with one attached hydrogen (secondary N) is 2. The summed E-state index contributed by atoms with van der Waals surface area (Å²) in [5.74, 6) is 0.799. The van der Waals surface area contributed by atoms with Crippen LogP contribution in [0, 0.1) is 0 Å². The smallest absolute Gasteiger partial charge is 0.260 e. The van der Waals surface area contributed by atoms with E-state index in [0.717, 1.165) is 34.9 Å². The molecule has 0 bridgehead atoms. The van der Waals surface area contributed by atoms with Crippen molar-refractivity contribution in [2.45, 2.75) is 25.4 Å². The first-order valence-electron chi connectivity index (χ1n) is 9.23. The number of hydrogen-bond donors (Lipinski definition) is 2. The number of likely N-dealkylation sites (tertiary alicyclic amines) is 1. The largest absolute Gasteiger partial charge is 0.322 e. The van der Waals surface area contributed by atoms with Crippen molar-refractivity contribution < 1.29 is 4.90 Å². The summed E-state index contributed by atoms with van der Waals surface area (Å²) in [5.41, 5.74) is 2.01. The quantitative estimate of drug-likeness (QED) is 0.555. The van der Waals surface area contributed by atoms with E-state index in [4.69, 9.17) is 4.98 Å². The monoisotopic (exact) mass is 394 g/mol. The molecule has 4 aromatic rings. The summed E-state index contributed by atoms with van der Waals surface area (Å²) in [5, 5.41) is 4.90. The number of aromatic amines is 1. The number of benzene rings is 1. The third-order valence-corrected chi connectivity index (χ3v) is 7.20. The molecule has 1 aliphatic rings. The average Bonchev–Trinajstić information content (AvgIpc) is 3.42. The molecule has 1 unspecified atom stereocenters. The minimum absolute atomic E-state index is 0.0265. The van der Waals surface area contributed by atoms with Gasteiger partial charge in [-0.15, -0.1) is 22.7 Å². The first-order chi connectivity index (χ1) is 13.3. The molecule has 0 radical (unpaired) electrons. The molecule has 0 saturated carbocycles. The summed E-state index contributed by atoms with van der Waals surface area (Å²) in [6.45, 7) is 1.90. The van der Waals surface area contributed by atoms with Crippen LogP contribution in [-0.2, 0) is 6.54 Å². The molecule has 0 amide bonds. The molecule has 4 heterocycles. The Morgan fingerprint density at radius 3 is 2.85 bits per heavy atom. The minimum atomic E-state index is -0.0265. The van der Waals surface area contributed by atoms with Crippen LogP contribution in [0.4, 0.5) is 0 Å². The summed E-state index contributed by atoms with van der Waals surface area (Å²) < 4.78 is 0. The van der Waals surface area contributed by atoms with Gasteiger partial charge in [0.2, 0.25) is 0 Å². The van der Waals surface area contributed by atoms with E-state index < -0.39 is 0 Å². The highest BCUT2D eigenvalue weighted by Gasteiger charge is 2.31. The van der Waals surface area contributed by atoms with Gasteiger partial charge in [0, 0.05) is 23.8 Å². The standard InChI is InChI=1S/C21H19N3OS2/c25-20-19-15(14-6-2-1-3-7-14)13-27-21(19)23-18(22-20)12-24-10-4-8-16(24)17-9-5-11-26-17/h1-3,5-7,9,11,13,16H,4,8,10,12H2,(H,22,23,25)/p+1/t16-/m1/s1. The number of nitrogens with zero attached hydrogens (tertiary/aromatic N) is 1. The molecular formula is C21H20N3OS2+. The van der Waals surface area contributed by atoms with Crippen molar-refractivity contribution in [1.29, 1.82) is 0 Å². The molecule has 2 atom stereocenters. The van der Waals surface area contributed by atoms with E-state index in [1.165, 1.54) is 22.6 Å². The van der Waals surface area contributed by atoms with Crippen LogP contribution in [0.25, 0.3) is 21.3 Å². The Morgan fingerprint density at radius 2 is 2.04 bits per heavy atom. The number of rotatable bonds is 4. The molecular weight excluding hydrogens is 374 g/mol. The third kappa shape index (κ3) is 3.14. The van der Waals surface area contributed by atoms with Crippen molar-refractivity contribution in [3.05, 3.63) is 74.3 Å². The van der Waals surface area contributed by atoms with Crippen LogP contribution in [0.1, 0.15) is 29.6 Å². The van der Waals surface area contributed by atoms with E-state index in [-0.39, 0.29) is 5.56 Å². The molecule has 1 aliphatic heterocycles. The SMILES string of the molecule is O=c1[nH]c(C[NH+]2CCC[C@@H]2c2cccs2)nc2scc(-c3ccccc3)c12. The van der Waals surface area contributed by atoms with Crippen LogP contribution in [0.15, 0.2) is 58.0 Å². The second-order valence-corrected chi connectivity index (χ2v) is 8.84. The zero-order valence-electron chi connectivity index (χ0n) is 14.8. The molecule has 1 saturated heterocycles. The number of quaternary nitrogens is 1. The highest BCUT2D eigenvalue weighted by atomic mass is 32.1. The highest BCUT2D eigenvalue weighted by Crippen LogP contribution is 2.30. The minimum Gasteiger partial charge on any atom is -0.322 e. The molecule has 1 aromatic carbocycles. The van der Waals surface area contributed by atoms with E-state index in [2.05, 4.69) is 22.5 Å². The molecule has 1 fully saturated rings. The van der Waals surface area contributed by atoms with Crippen LogP contribution in [0.3, 0.4) is 0 Å². The zero-order chi connectivity index (χ0) is 18.2. The lowest BCUT2D eigenvalue weighted by molar-refractivity contribution is -0.932. The van der Waals surface area contributed by atoms with Crippen LogP contribution in [0.5, 0.6) is 0 Å². The molecule has 0 aliphatic carbocycles. The summed E-state index contributed by atoms with van der Waals surface area (Å²) in [4.78, 5) is 24.5. The number of fused-ring (bicyclic) bond motifs is 1. The lowest BCUT2D eigenvalue weighted by atomic mass is 10.1. The maximum absolute atomic E-state index is 12.8. The van der Waals surface area contributed by atoms with E-state index in [1.54, 1.807) is 11.3 Å². The normalized spacial score (nSPS) is 19.7. The van der Waals surface area contributed by atoms with Gasteiger partial charge >= 0.3 is 0 Å². The zero-order valence-corrected chi connectivity index (χ0v) is 16.4. The van der Waals surface area contributed by atoms with Gasteiger partial charge in [0.15, 0.2) is 5.82 Å². The Morgan fingerprint density at radius 1 is 1.15 bits per heavy atom. The number of H-pyrrole nitrogens is 1. The first kappa shape index (κ1) is 16.9. The predicted molar refractivity (Wildman–Crippen MR) is 112 cm³/mol. The van der Waals surface area contributed by atoms with Gasteiger partial charge in [-0.05, 0) is 17.0 Å². The Kier molecular flexibility index (Phi) is 4.39. The Bertz CT molecular complexity index is 1120. The average molecular weight is 395 g/mol. The lowest BCUT2D eigenvalue weighted by Gasteiger charge is -2.19. The number of aromatic nitrogens is 2. The van der Waals surface area contributed by atoms with E-state index in [1.807, 2.05) is 47.0 Å². The van der Waals surface area contributed by atoms with E-state index in [9.17, 15) is 4.79 Å². The van der Waals surface area contributed by atoms with Crippen LogP contribution < -0.4 is 10.5 Å². The van der Waals surface area contributed by atoms with Gasteiger partial charge in [0.1, 0.15) is 17.4 Å². The molecule has 2 N–H and O–H groups in total. The fraction of sp³-hybridized carbons (Fsp3) is 0.238. The topological polar surface area (TPSA) is 50.2 Å². The van der Waals surface area contributed by atoms with Gasteiger partial charge < -0.3 is 9.88 Å². The maximum Gasteiger partial charge on any atom is 0.260 e. The van der Waals surface area contributed by atoms with Gasteiger partial charge in [0.05, 0.1) is 16.8 Å². The van der Waals surface area contributed by atoms with Crippen molar-refractivity contribution in [1.82, 2.24) is 9.97 Å². The van der Waals surface area contributed by atoms with Crippen molar-refractivity contribution in [3.8, 4) is 11.1 Å². The molecule has 5 rings (SSSR count). The van der Waals surface area contributed by atoms with Crippen molar-refractivity contribution in [2.24, 2.45) is 0 Å². The Balaban J connectivity index is 1.48. The second-order valence-electron chi connectivity index (χ2n) is 7.00. The van der Waals surface area contributed by atoms with Crippen LogP contribution in [-0.4, -0.2) is 16.5 Å². The van der Waals surface area contributed by atoms with Gasteiger partial charge in [-0.3, -0.25) is 4.79 Å². The molecule has 3 aromatic heterocycles. The third-order valence-electron chi connectivity index (χ3n) is 5.34. The summed E-state index contributed by atoms with van der Waals surface area (Å²) in [6.07, 6.45) is 2.43. The molecule has 0 spiro atoms. The maximum atomic E-state index is 12.8. The van der Waals surface area contributed by atoms with E-state index >= 15 is 0 Å². The Labute approximate surface area is 165 Å². The number of hydrogen-bond acceptors (Lipinski definition) is 4. The predicted octanol–water partition coefficient (Wildman–Crippen LogP) is 3.63. The fourth-order valence-corrected chi connectivity index (χ4v) is 5.97. The summed E-state index contributed by atoms with van der Waals surface area (Å²) in [6, 6.07) is 14.9. The van der Waals surface area contributed by atoms with Gasteiger partial charge in [-0.1, -0.05) is 36.4 Å². The Hall–Kier alpha value is -2.28.